The molecule has 0 aliphatic rings. The average Bonchev–Trinajstić information content (AvgIpc) is 2.29. The normalized spacial score (nSPS) is 10.3. The number of nitrogens with zero attached hydrogens (tertiary/aromatic N) is 3. The molecule has 0 aliphatic carbocycles. The van der Waals surface area contributed by atoms with Gasteiger partial charge < -0.3 is 0 Å². The van der Waals surface area contributed by atoms with Gasteiger partial charge in [-0.2, -0.15) is 0 Å². The lowest BCUT2D eigenvalue weighted by atomic mass is 10.3. The lowest BCUT2D eigenvalue weighted by Gasteiger charge is -2.02. The van der Waals surface area contributed by atoms with Gasteiger partial charge in [-0.1, -0.05) is 6.07 Å². The first-order valence-corrected chi connectivity index (χ1v) is 5.15. The molecule has 0 radical (unpaired) electrons. The van der Waals surface area contributed by atoms with Crippen LogP contribution in [0.4, 0.5) is 0 Å². The third-order valence-corrected chi connectivity index (χ3v) is 2.21. The van der Waals surface area contributed by atoms with E-state index in [4.69, 9.17) is 11.6 Å². The standard InChI is InChI=1S/C11H10ClN3/c1-8-6-9(7-12)15-11(14-8)10-4-2-3-5-13-10/h2-6H,7H2,1H3. The van der Waals surface area contributed by atoms with Crippen LogP contribution in [0.1, 0.15) is 11.4 Å². The molecule has 0 aliphatic heterocycles. The summed E-state index contributed by atoms with van der Waals surface area (Å²) in [4.78, 5) is 12.8. The van der Waals surface area contributed by atoms with Gasteiger partial charge in [-0.15, -0.1) is 11.6 Å². The Kier molecular flexibility index (Phi) is 2.92. The van der Waals surface area contributed by atoms with Gasteiger partial charge in [0.05, 0.1) is 11.6 Å². The summed E-state index contributed by atoms with van der Waals surface area (Å²) in [5.41, 5.74) is 2.50. The number of aryl methyl sites for hydroxylation is 1. The molecule has 2 heterocycles. The molecule has 4 heteroatoms. The molecule has 76 valence electrons. The highest BCUT2D eigenvalue weighted by Crippen LogP contribution is 2.13. The Morgan fingerprint density at radius 3 is 2.80 bits per heavy atom. The van der Waals surface area contributed by atoms with Crippen LogP contribution in [0.3, 0.4) is 0 Å². The van der Waals surface area contributed by atoms with E-state index in [0.717, 1.165) is 17.1 Å². The predicted molar refractivity (Wildman–Crippen MR) is 59.6 cm³/mol. The molecule has 0 amide bonds. The number of pyridine rings is 1. The first-order chi connectivity index (χ1) is 7.29. The van der Waals surface area contributed by atoms with E-state index in [1.165, 1.54) is 0 Å². The van der Waals surface area contributed by atoms with Gasteiger partial charge in [0, 0.05) is 11.9 Å². The maximum atomic E-state index is 5.75. The number of hydrogen-bond donors (Lipinski definition) is 0. The van der Waals surface area contributed by atoms with Crippen molar-refractivity contribution < 1.29 is 0 Å². The van der Waals surface area contributed by atoms with Crippen LogP contribution in [-0.4, -0.2) is 15.0 Å². The zero-order valence-corrected chi connectivity index (χ0v) is 9.07. The molecule has 0 N–H and O–H groups in total. The quantitative estimate of drug-likeness (QED) is 0.729. The fraction of sp³-hybridized carbons (Fsp3) is 0.182. The summed E-state index contributed by atoms with van der Waals surface area (Å²) < 4.78 is 0. The topological polar surface area (TPSA) is 38.7 Å². The van der Waals surface area contributed by atoms with E-state index in [1.54, 1.807) is 6.20 Å². The van der Waals surface area contributed by atoms with Crippen molar-refractivity contribution in [2.75, 3.05) is 0 Å². The summed E-state index contributed by atoms with van der Waals surface area (Å²) >= 11 is 5.75. The van der Waals surface area contributed by atoms with Crippen LogP contribution >= 0.6 is 11.6 Å². The molecule has 3 nitrogen and oxygen atoms in total. The lowest BCUT2D eigenvalue weighted by molar-refractivity contribution is 1.04. The van der Waals surface area contributed by atoms with Crippen molar-refractivity contribution in [3.8, 4) is 11.5 Å². The summed E-state index contributed by atoms with van der Waals surface area (Å²) in [5.74, 6) is 1.02. The Hall–Kier alpha value is -1.48. The molecular weight excluding hydrogens is 210 g/mol. The van der Waals surface area contributed by atoms with Gasteiger partial charge in [-0.25, -0.2) is 9.97 Å². The third-order valence-electron chi connectivity index (χ3n) is 1.94. The third kappa shape index (κ3) is 2.30. The van der Waals surface area contributed by atoms with Gasteiger partial charge in [0.25, 0.3) is 0 Å². The molecule has 0 atom stereocenters. The van der Waals surface area contributed by atoms with E-state index in [9.17, 15) is 0 Å². The van der Waals surface area contributed by atoms with E-state index < -0.39 is 0 Å². The monoisotopic (exact) mass is 219 g/mol. The van der Waals surface area contributed by atoms with Crippen LogP contribution < -0.4 is 0 Å². The molecule has 0 fully saturated rings. The molecule has 15 heavy (non-hydrogen) atoms. The van der Waals surface area contributed by atoms with Crippen molar-refractivity contribution in [3.05, 3.63) is 41.9 Å². The molecule has 2 aromatic heterocycles. The first-order valence-electron chi connectivity index (χ1n) is 4.61. The van der Waals surface area contributed by atoms with E-state index in [2.05, 4.69) is 15.0 Å². The van der Waals surface area contributed by atoms with Gasteiger partial charge in [-0.3, -0.25) is 4.98 Å². The van der Waals surface area contributed by atoms with Gasteiger partial charge in [0.15, 0.2) is 5.82 Å². The lowest BCUT2D eigenvalue weighted by Crippen LogP contribution is -1.97. The zero-order chi connectivity index (χ0) is 10.7. The Morgan fingerprint density at radius 2 is 2.13 bits per heavy atom. The van der Waals surface area contributed by atoms with Crippen molar-refractivity contribution in [2.24, 2.45) is 0 Å². The summed E-state index contributed by atoms with van der Waals surface area (Å²) in [6.45, 7) is 1.92. The van der Waals surface area contributed by atoms with Crippen molar-refractivity contribution in [2.45, 2.75) is 12.8 Å². The largest absolute Gasteiger partial charge is 0.253 e. The van der Waals surface area contributed by atoms with Crippen LogP contribution in [-0.2, 0) is 5.88 Å². The van der Waals surface area contributed by atoms with E-state index in [-0.39, 0.29) is 0 Å². The summed E-state index contributed by atoms with van der Waals surface area (Å²) in [7, 11) is 0. The molecule has 0 unspecified atom stereocenters. The van der Waals surface area contributed by atoms with Gasteiger partial charge >= 0.3 is 0 Å². The summed E-state index contributed by atoms with van der Waals surface area (Å²) in [6, 6.07) is 7.53. The Labute approximate surface area is 93.2 Å². The smallest absolute Gasteiger partial charge is 0.178 e. The van der Waals surface area contributed by atoms with Crippen LogP contribution in [0.25, 0.3) is 11.5 Å². The van der Waals surface area contributed by atoms with Crippen molar-refractivity contribution >= 4 is 11.6 Å². The number of rotatable bonds is 2. The molecule has 0 bridgehead atoms. The molecule has 2 aromatic rings. The molecule has 0 saturated heterocycles. The van der Waals surface area contributed by atoms with E-state index in [0.29, 0.717) is 11.7 Å². The van der Waals surface area contributed by atoms with E-state index >= 15 is 0 Å². The Morgan fingerprint density at radius 1 is 1.27 bits per heavy atom. The Bertz CT molecular complexity index is 457. The van der Waals surface area contributed by atoms with Crippen LogP contribution in [0, 0.1) is 6.92 Å². The highest BCUT2D eigenvalue weighted by Gasteiger charge is 2.04. The average molecular weight is 220 g/mol. The second-order valence-electron chi connectivity index (χ2n) is 3.17. The maximum absolute atomic E-state index is 5.75. The highest BCUT2D eigenvalue weighted by molar-refractivity contribution is 6.16. The maximum Gasteiger partial charge on any atom is 0.178 e. The minimum Gasteiger partial charge on any atom is -0.253 e. The van der Waals surface area contributed by atoms with Gasteiger partial charge in [0.2, 0.25) is 0 Å². The molecule has 0 spiro atoms. The van der Waals surface area contributed by atoms with Crippen molar-refractivity contribution in [3.63, 3.8) is 0 Å². The molecular formula is C11H10ClN3. The second kappa shape index (κ2) is 4.36. The summed E-state index contributed by atoms with van der Waals surface area (Å²) in [5, 5.41) is 0. The van der Waals surface area contributed by atoms with Crippen LogP contribution in [0.15, 0.2) is 30.5 Å². The number of aromatic nitrogens is 3. The van der Waals surface area contributed by atoms with Crippen LogP contribution in [0.5, 0.6) is 0 Å². The predicted octanol–water partition coefficient (Wildman–Crippen LogP) is 2.59. The minimum atomic E-state index is 0.392. The minimum absolute atomic E-state index is 0.392. The molecule has 2 rings (SSSR count). The number of hydrogen-bond acceptors (Lipinski definition) is 3. The fourth-order valence-electron chi connectivity index (χ4n) is 1.31. The molecule has 0 saturated carbocycles. The SMILES string of the molecule is Cc1cc(CCl)nc(-c2ccccn2)n1. The summed E-state index contributed by atoms with van der Waals surface area (Å²) in [6.07, 6.45) is 1.72. The number of alkyl halides is 1. The van der Waals surface area contributed by atoms with Gasteiger partial charge in [-0.05, 0) is 25.1 Å². The van der Waals surface area contributed by atoms with Crippen molar-refractivity contribution in [1.82, 2.24) is 15.0 Å². The molecule has 0 aromatic carbocycles. The zero-order valence-electron chi connectivity index (χ0n) is 8.31. The first kappa shape index (κ1) is 10.1. The number of halogens is 1. The second-order valence-corrected chi connectivity index (χ2v) is 3.44. The van der Waals surface area contributed by atoms with E-state index in [1.807, 2.05) is 31.2 Å². The van der Waals surface area contributed by atoms with Crippen LogP contribution in [0.2, 0.25) is 0 Å². The Balaban J connectivity index is 2.49. The fourth-order valence-corrected chi connectivity index (χ4v) is 1.45. The van der Waals surface area contributed by atoms with Crippen molar-refractivity contribution in [1.29, 1.82) is 0 Å². The van der Waals surface area contributed by atoms with Gasteiger partial charge in [0.1, 0.15) is 5.69 Å². The highest BCUT2D eigenvalue weighted by atomic mass is 35.5.